The van der Waals surface area contributed by atoms with Crippen LogP contribution in [0, 0.1) is 11.7 Å². The molecule has 0 amide bonds. The maximum Gasteiger partial charge on any atom is 0.165 e. The van der Waals surface area contributed by atoms with Crippen molar-refractivity contribution in [1.29, 1.82) is 0 Å². The molecule has 0 aliphatic heterocycles. The van der Waals surface area contributed by atoms with Gasteiger partial charge in [0, 0.05) is 6.04 Å². The number of aryl methyl sites for hydroxylation is 1. The van der Waals surface area contributed by atoms with Gasteiger partial charge in [-0.15, -0.1) is 0 Å². The molecule has 1 atom stereocenters. The Balaban J connectivity index is 2.52. The van der Waals surface area contributed by atoms with E-state index in [1.807, 2.05) is 0 Å². The third-order valence-corrected chi connectivity index (χ3v) is 2.79. The van der Waals surface area contributed by atoms with E-state index >= 15 is 0 Å². The topological polar surface area (TPSA) is 35.2 Å². The van der Waals surface area contributed by atoms with E-state index in [0.29, 0.717) is 11.7 Å². The molecule has 3 heteroatoms. The minimum absolute atomic E-state index is 0.214. The molecule has 17 heavy (non-hydrogen) atoms. The molecular weight excluding hydrogens is 217 g/mol. The first-order chi connectivity index (χ1) is 8.02. The summed E-state index contributed by atoms with van der Waals surface area (Å²) in [6.07, 6.45) is 2.82. The highest BCUT2D eigenvalue weighted by atomic mass is 19.1. The average Bonchev–Trinajstić information content (AvgIpc) is 2.27. The van der Waals surface area contributed by atoms with Crippen molar-refractivity contribution in [3.63, 3.8) is 0 Å². The van der Waals surface area contributed by atoms with Crippen LogP contribution in [0.1, 0.15) is 32.3 Å². The molecular formula is C14H22FNO. The fraction of sp³-hybridized carbons (Fsp3) is 0.571. The van der Waals surface area contributed by atoms with Gasteiger partial charge in [-0.2, -0.15) is 0 Å². The Kier molecular flexibility index (Phi) is 5.42. The second-order valence-corrected chi connectivity index (χ2v) is 4.90. The van der Waals surface area contributed by atoms with Crippen molar-refractivity contribution in [1.82, 2.24) is 0 Å². The molecule has 0 saturated carbocycles. The SMILES string of the molecule is COc1cc(CCC(N)CC(C)C)ccc1F. The predicted octanol–water partition coefficient (Wildman–Crippen LogP) is 3.14. The van der Waals surface area contributed by atoms with Gasteiger partial charge in [-0.05, 0) is 42.9 Å². The Labute approximate surface area is 103 Å². The van der Waals surface area contributed by atoms with Gasteiger partial charge >= 0.3 is 0 Å². The summed E-state index contributed by atoms with van der Waals surface area (Å²) in [4.78, 5) is 0. The van der Waals surface area contributed by atoms with Gasteiger partial charge in [-0.1, -0.05) is 19.9 Å². The smallest absolute Gasteiger partial charge is 0.165 e. The minimum Gasteiger partial charge on any atom is -0.494 e. The number of hydrogen-bond donors (Lipinski definition) is 1. The summed E-state index contributed by atoms with van der Waals surface area (Å²) in [6, 6.07) is 5.20. The third kappa shape index (κ3) is 4.73. The van der Waals surface area contributed by atoms with Gasteiger partial charge in [0.1, 0.15) is 0 Å². The Morgan fingerprint density at radius 2 is 2.06 bits per heavy atom. The zero-order valence-corrected chi connectivity index (χ0v) is 10.9. The number of ether oxygens (including phenoxy) is 1. The number of methoxy groups -OCH3 is 1. The van der Waals surface area contributed by atoms with E-state index in [9.17, 15) is 4.39 Å². The third-order valence-electron chi connectivity index (χ3n) is 2.79. The zero-order valence-electron chi connectivity index (χ0n) is 10.9. The number of benzene rings is 1. The molecule has 0 aliphatic rings. The van der Waals surface area contributed by atoms with Gasteiger partial charge in [0.05, 0.1) is 7.11 Å². The van der Waals surface area contributed by atoms with Gasteiger partial charge in [-0.3, -0.25) is 0 Å². The van der Waals surface area contributed by atoms with E-state index in [4.69, 9.17) is 10.5 Å². The lowest BCUT2D eigenvalue weighted by molar-refractivity contribution is 0.385. The molecule has 1 rings (SSSR count). The molecule has 0 saturated heterocycles. The van der Waals surface area contributed by atoms with Crippen LogP contribution in [0.5, 0.6) is 5.75 Å². The van der Waals surface area contributed by atoms with Gasteiger partial charge in [0.2, 0.25) is 0 Å². The van der Waals surface area contributed by atoms with Crippen molar-refractivity contribution in [3.05, 3.63) is 29.6 Å². The molecule has 0 radical (unpaired) electrons. The van der Waals surface area contributed by atoms with Crippen LogP contribution < -0.4 is 10.5 Å². The molecule has 0 bridgehead atoms. The highest BCUT2D eigenvalue weighted by molar-refractivity contribution is 5.30. The van der Waals surface area contributed by atoms with Crippen LogP contribution in [0.3, 0.4) is 0 Å². The zero-order chi connectivity index (χ0) is 12.8. The first kappa shape index (κ1) is 14.0. The van der Waals surface area contributed by atoms with Gasteiger partial charge in [-0.25, -0.2) is 4.39 Å². The molecule has 2 nitrogen and oxygen atoms in total. The molecule has 0 spiro atoms. The average molecular weight is 239 g/mol. The highest BCUT2D eigenvalue weighted by Gasteiger charge is 2.08. The second-order valence-electron chi connectivity index (χ2n) is 4.90. The molecule has 0 aliphatic carbocycles. The predicted molar refractivity (Wildman–Crippen MR) is 68.7 cm³/mol. The van der Waals surface area contributed by atoms with Crippen molar-refractivity contribution >= 4 is 0 Å². The first-order valence-electron chi connectivity index (χ1n) is 6.11. The van der Waals surface area contributed by atoms with Crippen molar-refractivity contribution in [2.75, 3.05) is 7.11 Å². The summed E-state index contributed by atoms with van der Waals surface area (Å²) in [5, 5.41) is 0. The van der Waals surface area contributed by atoms with Crippen molar-refractivity contribution in [3.8, 4) is 5.75 Å². The molecule has 1 aromatic carbocycles. The van der Waals surface area contributed by atoms with Gasteiger partial charge in [0.15, 0.2) is 11.6 Å². The van der Waals surface area contributed by atoms with Crippen LogP contribution in [0.4, 0.5) is 4.39 Å². The number of nitrogens with two attached hydrogens (primary N) is 1. The lowest BCUT2D eigenvalue weighted by Crippen LogP contribution is -2.22. The van der Waals surface area contributed by atoms with Crippen LogP contribution in [0.15, 0.2) is 18.2 Å². The number of rotatable bonds is 6. The monoisotopic (exact) mass is 239 g/mol. The summed E-state index contributed by atoms with van der Waals surface area (Å²) in [7, 11) is 1.48. The van der Waals surface area contributed by atoms with Crippen LogP contribution in [-0.4, -0.2) is 13.2 Å². The second kappa shape index (κ2) is 6.60. The lowest BCUT2D eigenvalue weighted by Gasteiger charge is -2.14. The van der Waals surface area contributed by atoms with Crippen LogP contribution >= 0.6 is 0 Å². The van der Waals surface area contributed by atoms with E-state index in [1.165, 1.54) is 13.2 Å². The van der Waals surface area contributed by atoms with E-state index in [1.54, 1.807) is 12.1 Å². The fourth-order valence-corrected chi connectivity index (χ4v) is 1.94. The van der Waals surface area contributed by atoms with Crippen LogP contribution in [0.25, 0.3) is 0 Å². The largest absolute Gasteiger partial charge is 0.494 e. The molecule has 0 fully saturated rings. The Bertz CT molecular complexity index is 352. The van der Waals surface area contributed by atoms with E-state index < -0.39 is 0 Å². The number of halogens is 1. The van der Waals surface area contributed by atoms with E-state index in [0.717, 1.165) is 24.8 Å². The highest BCUT2D eigenvalue weighted by Crippen LogP contribution is 2.19. The normalized spacial score (nSPS) is 12.8. The molecule has 2 N–H and O–H groups in total. The van der Waals surface area contributed by atoms with E-state index in [2.05, 4.69) is 13.8 Å². The van der Waals surface area contributed by atoms with Crippen molar-refractivity contribution in [2.24, 2.45) is 11.7 Å². The minimum atomic E-state index is -0.317. The summed E-state index contributed by atoms with van der Waals surface area (Å²) in [5.41, 5.74) is 7.09. The summed E-state index contributed by atoms with van der Waals surface area (Å²) >= 11 is 0. The summed E-state index contributed by atoms with van der Waals surface area (Å²) < 4.78 is 18.1. The van der Waals surface area contributed by atoms with Crippen molar-refractivity contribution in [2.45, 2.75) is 39.2 Å². The maximum atomic E-state index is 13.2. The van der Waals surface area contributed by atoms with Crippen molar-refractivity contribution < 1.29 is 9.13 Å². The molecule has 0 heterocycles. The Morgan fingerprint density at radius 1 is 1.35 bits per heavy atom. The molecule has 1 unspecified atom stereocenters. The Morgan fingerprint density at radius 3 is 2.65 bits per heavy atom. The first-order valence-corrected chi connectivity index (χ1v) is 6.11. The molecule has 0 aromatic heterocycles. The summed E-state index contributed by atoms with van der Waals surface area (Å²) in [6.45, 7) is 4.33. The number of hydrogen-bond acceptors (Lipinski definition) is 2. The maximum absolute atomic E-state index is 13.2. The molecule has 1 aromatic rings. The van der Waals surface area contributed by atoms with Gasteiger partial charge in [0.25, 0.3) is 0 Å². The fourth-order valence-electron chi connectivity index (χ4n) is 1.94. The van der Waals surface area contributed by atoms with Gasteiger partial charge < -0.3 is 10.5 Å². The van der Waals surface area contributed by atoms with Crippen LogP contribution in [0.2, 0.25) is 0 Å². The lowest BCUT2D eigenvalue weighted by atomic mass is 9.98. The quantitative estimate of drug-likeness (QED) is 0.827. The van der Waals surface area contributed by atoms with Crippen LogP contribution in [-0.2, 0) is 6.42 Å². The van der Waals surface area contributed by atoms with E-state index in [-0.39, 0.29) is 11.9 Å². The molecule has 96 valence electrons. The summed E-state index contributed by atoms with van der Waals surface area (Å²) in [5.74, 6) is 0.607. The Hall–Kier alpha value is -1.09. The standard InChI is InChI=1S/C14H22FNO/c1-10(2)8-12(16)6-4-11-5-7-13(15)14(9-11)17-3/h5,7,9-10,12H,4,6,8,16H2,1-3H3.